The molecular weight excluding hydrogens is 324 g/mol. The fourth-order valence-corrected chi connectivity index (χ4v) is 4.04. The summed E-state index contributed by atoms with van der Waals surface area (Å²) < 4.78 is 5.36. The number of halogens is 1. The van der Waals surface area contributed by atoms with Crippen LogP contribution in [-0.4, -0.2) is 32.1 Å². The van der Waals surface area contributed by atoms with Gasteiger partial charge in [0.25, 0.3) is 0 Å². The van der Waals surface area contributed by atoms with Crippen molar-refractivity contribution in [2.75, 3.05) is 20.2 Å². The fraction of sp³-hybridized carbons (Fsp3) is 0.632. The number of amides is 1. The van der Waals surface area contributed by atoms with E-state index in [1.807, 2.05) is 18.2 Å². The van der Waals surface area contributed by atoms with E-state index in [9.17, 15) is 4.79 Å². The van der Waals surface area contributed by atoms with Crippen LogP contribution < -0.4 is 15.4 Å². The molecule has 0 radical (unpaired) electrons. The van der Waals surface area contributed by atoms with Crippen molar-refractivity contribution in [2.45, 2.75) is 50.5 Å². The van der Waals surface area contributed by atoms with E-state index in [0.717, 1.165) is 56.5 Å². The molecule has 134 valence electrons. The molecule has 24 heavy (non-hydrogen) atoms. The minimum atomic E-state index is -0.383. The lowest BCUT2D eigenvalue weighted by atomic mass is 9.77. The number of hydrogen-bond donors (Lipinski definition) is 2. The number of methoxy groups -OCH3 is 1. The Morgan fingerprint density at radius 2 is 2.08 bits per heavy atom. The first-order valence-electron chi connectivity index (χ1n) is 8.82. The molecule has 0 spiro atoms. The van der Waals surface area contributed by atoms with Gasteiger partial charge in [-0.3, -0.25) is 4.79 Å². The molecule has 1 amide bonds. The third-order valence-corrected chi connectivity index (χ3v) is 5.66. The summed E-state index contributed by atoms with van der Waals surface area (Å²) in [5.41, 5.74) is 0.717. The van der Waals surface area contributed by atoms with E-state index >= 15 is 0 Å². The number of ether oxygens (including phenoxy) is 1. The number of rotatable bonds is 4. The van der Waals surface area contributed by atoms with E-state index in [-0.39, 0.29) is 29.8 Å². The molecule has 1 saturated carbocycles. The van der Waals surface area contributed by atoms with Crippen LogP contribution in [0.5, 0.6) is 5.75 Å². The average Bonchev–Trinajstić information content (AvgIpc) is 3.08. The number of piperidine rings is 1. The quantitative estimate of drug-likeness (QED) is 0.875. The minimum Gasteiger partial charge on any atom is -0.497 e. The summed E-state index contributed by atoms with van der Waals surface area (Å²) >= 11 is 0. The Morgan fingerprint density at radius 3 is 2.75 bits per heavy atom. The third kappa shape index (κ3) is 3.70. The van der Waals surface area contributed by atoms with Crippen LogP contribution in [0.25, 0.3) is 0 Å². The predicted molar refractivity (Wildman–Crippen MR) is 99.0 cm³/mol. The maximum absolute atomic E-state index is 13.2. The molecule has 1 aliphatic carbocycles. The van der Waals surface area contributed by atoms with Gasteiger partial charge in [0.1, 0.15) is 5.75 Å². The molecule has 1 aromatic rings. The van der Waals surface area contributed by atoms with E-state index in [0.29, 0.717) is 5.92 Å². The summed E-state index contributed by atoms with van der Waals surface area (Å²) in [7, 11) is 1.68. The van der Waals surface area contributed by atoms with Gasteiger partial charge in [-0.25, -0.2) is 0 Å². The first kappa shape index (κ1) is 19.1. The molecule has 2 unspecified atom stereocenters. The van der Waals surface area contributed by atoms with Crippen LogP contribution in [0.15, 0.2) is 24.3 Å². The lowest BCUT2D eigenvalue weighted by Gasteiger charge is -2.35. The molecule has 4 nitrogen and oxygen atoms in total. The monoisotopic (exact) mass is 352 g/mol. The number of carbonyl (C=O) groups is 1. The maximum Gasteiger partial charge on any atom is 0.230 e. The Kier molecular flexibility index (Phi) is 6.53. The normalized spacial score (nSPS) is 25.6. The molecule has 3 rings (SSSR count). The lowest BCUT2D eigenvalue weighted by molar-refractivity contribution is -0.127. The van der Waals surface area contributed by atoms with Crippen LogP contribution in [0.3, 0.4) is 0 Å². The molecule has 1 aliphatic heterocycles. The summed E-state index contributed by atoms with van der Waals surface area (Å²) in [6, 6.07) is 8.28. The zero-order valence-electron chi connectivity index (χ0n) is 14.6. The zero-order valence-corrected chi connectivity index (χ0v) is 15.5. The SMILES string of the molecule is COc1cccc(C2(C(=O)NC3CNCCC3C)CCCC2)c1.Cl. The average molecular weight is 353 g/mol. The van der Waals surface area contributed by atoms with Crippen LogP contribution in [0.2, 0.25) is 0 Å². The Hall–Kier alpha value is -1.26. The highest BCUT2D eigenvalue weighted by Gasteiger charge is 2.43. The largest absolute Gasteiger partial charge is 0.497 e. The van der Waals surface area contributed by atoms with E-state index in [2.05, 4.69) is 23.6 Å². The second kappa shape index (κ2) is 8.21. The summed E-state index contributed by atoms with van der Waals surface area (Å²) in [5.74, 6) is 1.56. The van der Waals surface area contributed by atoms with Crippen molar-refractivity contribution >= 4 is 18.3 Å². The summed E-state index contributed by atoms with van der Waals surface area (Å²) in [5, 5.41) is 6.74. The van der Waals surface area contributed by atoms with Crippen molar-refractivity contribution < 1.29 is 9.53 Å². The van der Waals surface area contributed by atoms with E-state index < -0.39 is 0 Å². The standard InChI is InChI=1S/C19H28N2O2.ClH/c1-14-8-11-20-13-17(14)21-18(22)19(9-3-4-10-19)15-6-5-7-16(12-15)23-2;/h5-7,12,14,17,20H,3-4,8-11,13H2,1-2H3,(H,21,22);1H. The van der Waals surface area contributed by atoms with Gasteiger partial charge in [-0.05, 0) is 49.4 Å². The van der Waals surface area contributed by atoms with Gasteiger partial charge in [0, 0.05) is 12.6 Å². The molecule has 1 aromatic carbocycles. The van der Waals surface area contributed by atoms with Crippen molar-refractivity contribution in [3.63, 3.8) is 0 Å². The molecular formula is C19H29ClN2O2. The second-order valence-electron chi connectivity index (χ2n) is 7.07. The molecule has 0 aromatic heterocycles. The topological polar surface area (TPSA) is 50.4 Å². The molecule has 2 aliphatic rings. The van der Waals surface area contributed by atoms with Gasteiger partial charge in [0.05, 0.1) is 12.5 Å². The van der Waals surface area contributed by atoms with Crippen molar-refractivity contribution in [2.24, 2.45) is 5.92 Å². The van der Waals surface area contributed by atoms with Gasteiger partial charge in [-0.1, -0.05) is 31.9 Å². The number of nitrogens with one attached hydrogen (secondary N) is 2. The van der Waals surface area contributed by atoms with Gasteiger partial charge in [0.15, 0.2) is 0 Å². The van der Waals surface area contributed by atoms with Crippen molar-refractivity contribution in [3.05, 3.63) is 29.8 Å². The third-order valence-electron chi connectivity index (χ3n) is 5.66. The van der Waals surface area contributed by atoms with Gasteiger partial charge in [-0.15, -0.1) is 12.4 Å². The maximum atomic E-state index is 13.2. The summed E-state index contributed by atoms with van der Waals surface area (Å²) in [6.07, 6.45) is 5.21. The number of hydrogen-bond acceptors (Lipinski definition) is 3. The molecule has 2 atom stereocenters. The van der Waals surface area contributed by atoms with Crippen molar-refractivity contribution in [3.8, 4) is 5.75 Å². The van der Waals surface area contributed by atoms with Crippen molar-refractivity contribution in [1.29, 1.82) is 0 Å². The lowest BCUT2D eigenvalue weighted by Crippen LogP contribution is -2.54. The smallest absolute Gasteiger partial charge is 0.230 e. The number of benzene rings is 1. The Bertz CT molecular complexity index is 558. The first-order chi connectivity index (χ1) is 11.2. The predicted octanol–water partition coefficient (Wildman–Crippen LogP) is 3.04. The van der Waals surface area contributed by atoms with E-state index in [1.165, 1.54) is 0 Å². The van der Waals surface area contributed by atoms with Crippen LogP contribution >= 0.6 is 12.4 Å². The highest BCUT2D eigenvalue weighted by molar-refractivity contribution is 5.89. The first-order valence-corrected chi connectivity index (χ1v) is 8.82. The number of carbonyl (C=O) groups excluding carboxylic acids is 1. The van der Waals surface area contributed by atoms with Gasteiger partial charge in [0.2, 0.25) is 5.91 Å². The van der Waals surface area contributed by atoms with Crippen LogP contribution in [0, 0.1) is 5.92 Å². The Morgan fingerprint density at radius 1 is 1.33 bits per heavy atom. The van der Waals surface area contributed by atoms with Crippen molar-refractivity contribution in [1.82, 2.24) is 10.6 Å². The van der Waals surface area contributed by atoms with Crippen LogP contribution in [0.1, 0.15) is 44.6 Å². The van der Waals surface area contributed by atoms with Crippen LogP contribution in [0.4, 0.5) is 0 Å². The fourth-order valence-electron chi connectivity index (χ4n) is 4.04. The Balaban J connectivity index is 0.00000208. The summed E-state index contributed by atoms with van der Waals surface area (Å²) in [4.78, 5) is 13.2. The second-order valence-corrected chi connectivity index (χ2v) is 7.07. The minimum absolute atomic E-state index is 0. The van der Waals surface area contributed by atoms with Gasteiger partial charge >= 0.3 is 0 Å². The van der Waals surface area contributed by atoms with Gasteiger partial charge < -0.3 is 15.4 Å². The highest BCUT2D eigenvalue weighted by Crippen LogP contribution is 2.42. The van der Waals surface area contributed by atoms with Gasteiger partial charge in [-0.2, -0.15) is 0 Å². The van der Waals surface area contributed by atoms with E-state index in [1.54, 1.807) is 7.11 Å². The highest BCUT2D eigenvalue weighted by atomic mass is 35.5. The Labute approximate surface area is 151 Å². The molecule has 0 bridgehead atoms. The summed E-state index contributed by atoms with van der Waals surface area (Å²) in [6.45, 7) is 4.16. The van der Waals surface area contributed by atoms with E-state index in [4.69, 9.17) is 4.74 Å². The van der Waals surface area contributed by atoms with Crippen LogP contribution in [-0.2, 0) is 10.2 Å². The molecule has 2 fully saturated rings. The molecule has 1 heterocycles. The molecule has 1 saturated heterocycles. The molecule has 2 N–H and O–H groups in total. The molecule has 5 heteroatoms. The zero-order chi connectivity index (χ0) is 16.3.